The minimum Gasteiger partial charge on any atom is -0.363 e. The van der Waals surface area contributed by atoms with Crippen molar-refractivity contribution in [1.29, 1.82) is 0 Å². The van der Waals surface area contributed by atoms with Gasteiger partial charge in [0.1, 0.15) is 0 Å². The zero-order chi connectivity index (χ0) is 16.1. The molecule has 0 bridgehead atoms. The summed E-state index contributed by atoms with van der Waals surface area (Å²) < 4.78 is 0. The van der Waals surface area contributed by atoms with Gasteiger partial charge in [-0.15, -0.1) is 11.3 Å². The standard InChI is InChI=1S/C18H21N3S2/c1-2-9-19-18(22)21-12-15(17-8-5-10-23-17)14-11-20-16-7-4-3-6-13(14)16/h3-8,10-11,15,20H,2,9,12H2,1H3,(H2,19,21,22)/t15-/m1/s1. The first-order chi connectivity index (χ1) is 11.3. The van der Waals surface area contributed by atoms with E-state index >= 15 is 0 Å². The van der Waals surface area contributed by atoms with Crippen LogP contribution >= 0.6 is 23.6 Å². The van der Waals surface area contributed by atoms with E-state index in [0.717, 1.165) is 24.6 Å². The highest BCUT2D eigenvalue weighted by molar-refractivity contribution is 7.80. The van der Waals surface area contributed by atoms with E-state index in [1.165, 1.54) is 21.3 Å². The summed E-state index contributed by atoms with van der Waals surface area (Å²) in [4.78, 5) is 4.73. The van der Waals surface area contributed by atoms with Gasteiger partial charge in [-0.1, -0.05) is 31.2 Å². The lowest BCUT2D eigenvalue weighted by Crippen LogP contribution is -2.37. The number of thiocarbonyl (C=S) groups is 1. The van der Waals surface area contributed by atoms with Crippen LogP contribution in [0.5, 0.6) is 0 Å². The minimum atomic E-state index is 0.285. The van der Waals surface area contributed by atoms with Crippen molar-refractivity contribution in [1.82, 2.24) is 15.6 Å². The fourth-order valence-electron chi connectivity index (χ4n) is 2.73. The second-order valence-electron chi connectivity index (χ2n) is 5.49. The molecule has 3 rings (SSSR count). The van der Waals surface area contributed by atoms with Gasteiger partial charge in [0.05, 0.1) is 0 Å². The fourth-order valence-corrected chi connectivity index (χ4v) is 3.76. The molecule has 0 aliphatic rings. The van der Waals surface area contributed by atoms with E-state index < -0.39 is 0 Å². The Bertz CT molecular complexity index is 762. The van der Waals surface area contributed by atoms with Gasteiger partial charge in [0.15, 0.2) is 5.11 Å². The van der Waals surface area contributed by atoms with Gasteiger partial charge in [-0.2, -0.15) is 0 Å². The van der Waals surface area contributed by atoms with Crippen molar-refractivity contribution in [3.63, 3.8) is 0 Å². The summed E-state index contributed by atoms with van der Waals surface area (Å²) in [5, 5.41) is 10.7. The molecule has 1 aromatic carbocycles. The third kappa shape index (κ3) is 3.74. The van der Waals surface area contributed by atoms with Crippen LogP contribution in [0.3, 0.4) is 0 Å². The van der Waals surface area contributed by atoms with E-state index in [1.807, 2.05) is 0 Å². The molecule has 0 fully saturated rings. The molecular formula is C18H21N3S2. The van der Waals surface area contributed by atoms with Crippen LogP contribution in [0.4, 0.5) is 0 Å². The molecule has 0 saturated carbocycles. The summed E-state index contributed by atoms with van der Waals surface area (Å²) in [6, 6.07) is 12.7. The van der Waals surface area contributed by atoms with Crippen LogP contribution < -0.4 is 10.6 Å². The quantitative estimate of drug-likeness (QED) is 0.586. The third-order valence-corrected chi connectivity index (χ3v) is 5.16. The Hall–Kier alpha value is -1.85. The summed E-state index contributed by atoms with van der Waals surface area (Å²) in [7, 11) is 0. The number of benzene rings is 1. The fraction of sp³-hybridized carbons (Fsp3) is 0.278. The van der Waals surface area contributed by atoms with Crippen LogP contribution in [0, 0.1) is 0 Å². The van der Waals surface area contributed by atoms with Crippen molar-refractivity contribution in [2.45, 2.75) is 19.3 Å². The summed E-state index contributed by atoms with van der Waals surface area (Å²) in [6.45, 7) is 3.83. The first kappa shape index (κ1) is 16.0. The number of para-hydroxylation sites is 1. The van der Waals surface area contributed by atoms with Crippen LogP contribution in [0.1, 0.15) is 29.7 Å². The summed E-state index contributed by atoms with van der Waals surface area (Å²) in [6.07, 6.45) is 3.19. The number of H-pyrrole nitrogens is 1. The van der Waals surface area contributed by atoms with E-state index in [9.17, 15) is 0 Å². The molecule has 0 unspecified atom stereocenters. The van der Waals surface area contributed by atoms with Gasteiger partial charge in [-0.3, -0.25) is 0 Å². The van der Waals surface area contributed by atoms with Gasteiger partial charge in [0.2, 0.25) is 0 Å². The topological polar surface area (TPSA) is 39.8 Å². The Morgan fingerprint density at radius 1 is 1.22 bits per heavy atom. The van der Waals surface area contributed by atoms with Crippen molar-refractivity contribution < 1.29 is 0 Å². The molecule has 5 heteroatoms. The predicted octanol–water partition coefficient (Wildman–Crippen LogP) is 4.24. The SMILES string of the molecule is CCCNC(=S)NC[C@@H](c1cccs1)c1c[nH]c2ccccc12. The average molecular weight is 344 g/mol. The number of rotatable bonds is 6. The lowest BCUT2D eigenvalue weighted by Gasteiger charge is -2.18. The molecule has 0 aliphatic carbocycles. The second kappa shape index (κ2) is 7.62. The molecule has 0 radical (unpaired) electrons. The molecule has 0 spiro atoms. The number of aromatic nitrogens is 1. The maximum atomic E-state index is 5.37. The molecule has 23 heavy (non-hydrogen) atoms. The van der Waals surface area contributed by atoms with Gasteiger partial charge < -0.3 is 15.6 Å². The summed E-state index contributed by atoms with van der Waals surface area (Å²) in [5.74, 6) is 0.285. The Labute approximate surface area is 146 Å². The van der Waals surface area contributed by atoms with Gasteiger partial charge in [-0.05, 0) is 41.7 Å². The van der Waals surface area contributed by atoms with E-state index in [-0.39, 0.29) is 5.92 Å². The number of hydrogen-bond acceptors (Lipinski definition) is 2. The third-order valence-electron chi connectivity index (χ3n) is 3.89. The van der Waals surface area contributed by atoms with E-state index in [0.29, 0.717) is 0 Å². The average Bonchev–Trinajstić information content (AvgIpc) is 3.24. The Balaban J connectivity index is 1.83. The van der Waals surface area contributed by atoms with Crippen molar-refractivity contribution in [2.24, 2.45) is 0 Å². The monoisotopic (exact) mass is 343 g/mol. The molecule has 3 N–H and O–H groups in total. The zero-order valence-corrected chi connectivity index (χ0v) is 14.8. The van der Waals surface area contributed by atoms with E-state index in [4.69, 9.17) is 12.2 Å². The highest BCUT2D eigenvalue weighted by atomic mass is 32.1. The minimum absolute atomic E-state index is 0.285. The molecule has 3 nitrogen and oxygen atoms in total. The molecule has 0 amide bonds. The maximum Gasteiger partial charge on any atom is 0.166 e. The largest absolute Gasteiger partial charge is 0.363 e. The van der Waals surface area contributed by atoms with Gasteiger partial charge in [-0.25, -0.2) is 0 Å². The Kier molecular flexibility index (Phi) is 5.31. The number of thiophene rings is 1. The Morgan fingerprint density at radius 3 is 2.87 bits per heavy atom. The van der Waals surface area contributed by atoms with Gasteiger partial charge >= 0.3 is 0 Å². The first-order valence-corrected chi connectivity index (χ1v) is 9.19. The molecule has 2 heterocycles. The van der Waals surface area contributed by atoms with Crippen molar-refractivity contribution >= 4 is 39.6 Å². The predicted molar refractivity (Wildman–Crippen MR) is 103 cm³/mol. The normalized spacial score (nSPS) is 12.2. The van der Waals surface area contributed by atoms with Crippen molar-refractivity contribution in [3.05, 3.63) is 58.4 Å². The molecular weight excluding hydrogens is 322 g/mol. The highest BCUT2D eigenvalue weighted by Gasteiger charge is 2.19. The lowest BCUT2D eigenvalue weighted by molar-refractivity contribution is 0.745. The first-order valence-electron chi connectivity index (χ1n) is 7.90. The second-order valence-corrected chi connectivity index (χ2v) is 6.88. The maximum absolute atomic E-state index is 5.37. The highest BCUT2D eigenvalue weighted by Crippen LogP contribution is 2.32. The molecule has 1 atom stereocenters. The molecule has 0 saturated heterocycles. The molecule has 120 valence electrons. The lowest BCUT2D eigenvalue weighted by atomic mass is 9.97. The van der Waals surface area contributed by atoms with Crippen LogP contribution in [-0.2, 0) is 0 Å². The van der Waals surface area contributed by atoms with E-state index in [1.54, 1.807) is 11.3 Å². The zero-order valence-electron chi connectivity index (χ0n) is 13.1. The van der Waals surface area contributed by atoms with E-state index in [2.05, 4.69) is 70.5 Å². The number of hydrogen-bond donors (Lipinski definition) is 3. The summed E-state index contributed by atoms with van der Waals surface area (Å²) >= 11 is 7.16. The van der Waals surface area contributed by atoms with Gasteiger partial charge in [0, 0.05) is 41.0 Å². The van der Waals surface area contributed by atoms with Crippen LogP contribution in [-0.4, -0.2) is 23.2 Å². The molecule has 2 aromatic heterocycles. The van der Waals surface area contributed by atoms with Crippen molar-refractivity contribution in [3.8, 4) is 0 Å². The number of aromatic amines is 1. The number of fused-ring (bicyclic) bond motifs is 1. The number of nitrogens with one attached hydrogen (secondary N) is 3. The van der Waals surface area contributed by atoms with Crippen molar-refractivity contribution in [2.75, 3.05) is 13.1 Å². The van der Waals surface area contributed by atoms with Crippen LogP contribution in [0.2, 0.25) is 0 Å². The Morgan fingerprint density at radius 2 is 2.09 bits per heavy atom. The van der Waals surface area contributed by atoms with Crippen LogP contribution in [0.25, 0.3) is 10.9 Å². The summed E-state index contributed by atoms with van der Waals surface area (Å²) in [5.41, 5.74) is 2.49. The smallest absolute Gasteiger partial charge is 0.166 e. The molecule has 0 aliphatic heterocycles. The van der Waals surface area contributed by atoms with Crippen LogP contribution in [0.15, 0.2) is 48.0 Å². The van der Waals surface area contributed by atoms with Gasteiger partial charge in [0.25, 0.3) is 0 Å². The molecule has 3 aromatic rings.